The molecule has 31 heavy (non-hydrogen) atoms. The van der Waals surface area contributed by atoms with Crippen molar-refractivity contribution in [2.45, 2.75) is 12.8 Å². The smallest absolute Gasteiger partial charge is 0.273 e. The maximum Gasteiger partial charge on any atom is 0.273 e. The van der Waals surface area contributed by atoms with E-state index < -0.39 is 0 Å². The largest absolute Gasteiger partial charge is 0.355 e. The number of piperidine rings is 1. The van der Waals surface area contributed by atoms with Crippen molar-refractivity contribution < 1.29 is 14.1 Å². The highest BCUT2D eigenvalue weighted by atomic mass is 16.5. The molecule has 4 rings (SSSR count). The topological polar surface area (TPSA) is 97.4 Å². The van der Waals surface area contributed by atoms with E-state index in [1.807, 2.05) is 30.3 Å². The van der Waals surface area contributed by atoms with Crippen LogP contribution in [-0.2, 0) is 7.05 Å². The Kier molecular flexibility index (Phi) is 5.97. The minimum atomic E-state index is -0.288. The van der Waals surface area contributed by atoms with Crippen LogP contribution in [0.5, 0.6) is 0 Å². The van der Waals surface area contributed by atoms with Gasteiger partial charge in [0.05, 0.1) is 0 Å². The third-order valence-electron chi connectivity index (χ3n) is 5.61. The van der Waals surface area contributed by atoms with E-state index in [0.717, 1.165) is 18.4 Å². The number of pyridine rings is 1. The van der Waals surface area contributed by atoms with Gasteiger partial charge in [-0.2, -0.15) is 0 Å². The molecule has 8 heteroatoms. The molecule has 0 radical (unpaired) electrons. The molecule has 8 nitrogen and oxygen atoms in total. The maximum absolute atomic E-state index is 12.7. The maximum atomic E-state index is 12.7. The lowest BCUT2D eigenvalue weighted by Gasteiger charge is -2.32. The van der Waals surface area contributed by atoms with Crippen LogP contribution in [0.4, 0.5) is 0 Å². The van der Waals surface area contributed by atoms with Gasteiger partial charge in [0, 0.05) is 44.5 Å². The third kappa shape index (κ3) is 4.58. The number of nitrogens with zero attached hydrogens (tertiary/aromatic N) is 3. The fourth-order valence-corrected chi connectivity index (χ4v) is 3.72. The summed E-state index contributed by atoms with van der Waals surface area (Å²) >= 11 is 0. The van der Waals surface area contributed by atoms with Crippen LogP contribution in [-0.4, -0.2) is 46.1 Å². The first-order chi connectivity index (χ1) is 15.0. The van der Waals surface area contributed by atoms with Crippen LogP contribution in [0.15, 0.2) is 64.0 Å². The van der Waals surface area contributed by atoms with Gasteiger partial charge in [-0.1, -0.05) is 35.5 Å². The number of likely N-dealkylation sites (tertiary alicyclic amines) is 1. The van der Waals surface area contributed by atoms with E-state index in [-0.39, 0.29) is 34.5 Å². The molecule has 160 valence electrons. The molecule has 1 aliphatic heterocycles. The van der Waals surface area contributed by atoms with Crippen LogP contribution in [0.25, 0.3) is 11.3 Å². The van der Waals surface area contributed by atoms with Crippen LogP contribution < -0.4 is 10.9 Å². The molecule has 1 fully saturated rings. The van der Waals surface area contributed by atoms with Gasteiger partial charge in [-0.05, 0) is 30.9 Å². The summed E-state index contributed by atoms with van der Waals surface area (Å²) in [5, 5.41) is 6.78. The lowest BCUT2D eigenvalue weighted by Crippen LogP contribution is -2.43. The van der Waals surface area contributed by atoms with Gasteiger partial charge in [0.1, 0.15) is 5.56 Å². The van der Waals surface area contributed by atoms with Crippen molar-refractivity contribution >= 4 is 11.8 Å². The van der Waals surface area contributed by atoms with Gasteiger partial charge < -0.3 is 19.3 Å². The summed E-state index contributed by atoms with van der Waals surface area (Å²) in [4.78, 5) is 39.0. The van der Waals surface area contributed by atoms with Crippen LogP contribution in [0.2, 0.25) is 0 Å². The molecular formula is C23H24N4O4. The van der Waals surface area contributed by atoms with Crippen molar-refractivity contribution in [3.8, 4) is 11.3 Å². The predicted molar refractivity (Wildman–Crippen MR) is 115 cm³/mol. The number of hydrogen-bond donors (Lipinski definition) is 1. The van der Waals surface area contributed by atoms with E-state index in [2.05, 4.69) is 10.5 Å². The van der Waals surface area contributed by atoms with Crippen molar-refractivity contribution in [3.63, 3.8) is 0 Å². The molecule has 3 aromatic rings. The number of hydrogen-bond acceptors (Lipinski definition) is 5. The van der Waals surface area contributed by atoms with Gasteiger partial charge in [0.2, 0.25) is 0 Å². The molecule has 0 bridgehead atoms. The number of aromatic nitrogens is 2. The van der Waals surface area contributed by atoms with Crippen molar-refractivity contribution in [1.82, 2.24) is 19.9 Å². The number of carbonyl (C=O) groups is 2. The van der Waals surface area contributed by atoms with E-state index in [0.29, 0.717) is 25.4 Å². The number of aryl methyl sites for hydroxylation is 1. The molecular weight excluding hydrogens is 396 g/mol. The molecule has 2 amide bonds. The summed E-state index contributed by atoms with van der Waals surface area (Å²) in [5.74, 6) is 0.286. The van der Waals surface area contributed by atoms with Gasteiger partial charge >= 0.3 is 0 Å². The molecule has 1 saturated heterocycles. The Morgan fingerprint density at radius 3 is 2.61 bits per heavy atom. The van der Waals surface area contributed by atoms with Crippen molar-refractivity contribution in [2.75, 3.05) is 19.6 Å². The second-order valence-electron chi connectivity index (χ2n) is 7.73. The fourth-order valence-electron chi connectivity index (χ4n) is 3.72. The lowest BCUT2D eigenvalue weighted by molar-refractivity contribution is 0.0681. The van der Waals surface area contributed by atoms with Crippen LogP contribution in [0.1, 0.15) is 33.7 Å². The van der Waals surface area contributed by atoms with Gasteiger partial charge in [-0.15, -0.1) is 0 Å². The Labute approximate surface area is 179 Å². The molecule has 0 atom stereocenters. The number of carbonyl (C=O) groups excluding carboxylic acids is 2. The second kappa shape index (κ2) is 8.99. The summed E-state index contributed by atoms with van der Waals surface area (Å²) in [6.07, 6.45) is 3.15. The Hall–Kier alpha value is -3.68. The number of nitrogens with one attached hydrogen (secondary N) is 1. The van der Waals surface area contributed by atoms with E-state index in [1.54, 1.807) is 36.3 Å². The number of rotatable bonds is 5. The van der Waals surface area contributed by atoms with E-state index >= 15 is 0 Å². The first-order valence-corrected chi connectivity index (χ1v) is 10.3. The minimum Gasteiger partial charge on any atom is -0.355 e. The first kappa shape index (κ1) is 20.6. The molecule has 2 aromatic heterocycles. The Balaban J connectivity index is 1.28. The zero-order chi connectivity index (χ0) is 21.8. The molecule has 1 aliphatic rings. The van der Waals surface area contributed by atoms with Gasteiger partial charge in [-0.3, -0.25) is 14.4 Å². The van der Waals surface area contributed by atoms with Crippen LogP contribution >= 0.6 is 0 Å². The molecule has 0 saturated carbocycles. The number of amides is 2. The quantitative estimate of drug-likeness (QED) is 0.683. The van der Waals surface area contributed by atoms with Crippen molar-refractivity contribution in [2.24, 2.45) is 13.0 Å². The molecule has 1 N–H and O–H groups in total. The Morgan fingerprint density at radius 2 is 1.87 bits per heavy atom. The van der Waals surface area contributed by atoms with Gasteiger partial charge in [0.15, 0.2) is 11.5 Å². The van der Waals surface area contributed by atoms with Gasteiger partial charge in [-0.25, -0.2) is 0 Å². The normalized spacial score (nSPS) is 14.4. The zero-order valence-corrected chi connectivity index (χ0v) is 17.3. The Bertz CT molecular complexity index is 1130. The second-order valence-corrected chi connectivity index (χ2v) is 7.73. The SMILES string of the molecule is Cn1cccc(C(=O)N2CCC(CNC(=O)c3cc(-c4ccccc4)on3)CC2)c1=O. The van der Waals surface area contributed by atoms with E-state index in [4.69, 9.17) is 4.52 Å². The molecule has 3 heterocycles. The summed E-state index contributed by atoms with van der Waals surface area (Å²) in [7, 11) is 1.63. The monoisotopic (exact) mass is 420 g/mol. The first-order valence-electron chi connectivity index (χ1n) is 10.3. The minimum absolute atomic E-state index is 0.192. The van der Waals surface area contributed by atoms with Crippen molar-refractivity contribution in [3.05, 3.63) is 76.3 Å². The summed E-state index contributed by atoms with van der Waals surface area (Å²) in [6, 6.07) is 14.4. The molecule has 1 aromatic carbocycles. The van der Waals surface area contributed by atoms with E-state index in [1.165, 1.54) is 4.57 Å². The Morgan fingerprint density at radius 1 is 1.13 bits per heavy atom. The summed E-state index contributed by atoms with van der Waals surface area (Å²) in [5.41, 5.74) is 1.01. The average Bonchev–Trinajstić information content (AvgIpc) is 3.30. The standard InChI is InChI=1S/C23H24N4O4/c1-26-11-5-8-18(22(26)29)23(30)27-12-9-16(10-13-27)15-24-21(28)19-14-20(31-25-19)17-6-3-2-4-7-17/h2-8,11,14,16H,9-10,12-13,15H2,1H3,(H,24,28). The molecule has 0 spiro atoms. The highest BCUT2D eigenvalue weighted by Crippen LogP contribution is 2.20. The molecule has 0 aliphatic carbocycles. The van der Waals surface area contributed by atoms with Crippen molar-refractivity contribution in [1.29, 1.82) is 0 Å². The summed E-state index contributed by atoms with van der Waals surface area (Å²) < 4.78 is 6.69. The van der Waals surface area contributed by atoms with E-state index in [9.17, 15) is 14.4 Å². The van der Waals surface area contributed by atoms with Gasteiger partial charge in [0.25, 0.3) is 17.4 Å². The predicted octanol–water partition coefficient (Wildman–Crippen LogP) is 2.32. The highest BCUT2D eigenvalue weighted by Gasteiger charge is 2.26. The third-order valence-corrected chi connectivity index (χ3v) is 5.61. The molecule has 0 unspecified atom stereocenters. The summed E-state index contributed by atoms with van der Waals surface area (Å²) in [6.45, 7) is 1.61. The lowest BCUT2D eigenvalue weighted by atomic mass is 9.96. The van der Waals surface area contributed by atoms with Crippen LogP contribution in [0.3, 0.4) is 0 Å². The van der Waals surface area contributed by atoms with Crippen LogP contribution in [0, 0.1) is 5.92 Å². The number of benzene rings is 1. The zero-order valence-electron chi connectivity index (χ0n) is 17.3. The highest BCUT2D eigenvalue weighted by molar-refractivity contribution is 5.94. The fraction of sp³-hybridized carbons (Fsp3) is 0.304. The average molecular weight is 420 g/mol.